The van der Waals surface area contributed by atoms with Crippen molar-refractivity contribution in [1.82, 2.24) is 10.2 Å². The first-order chi connectivity index (χ1) is 10.5. The van der Waals surface area contributed by atoms with Crippen LogP contribution in [0.2, 0.25) is 0 Å². The first-order valence-corrected chi connectivity index (χ1v) is 7.88. The van der Waals surface area contributed by atoms with Gasteiger partial charge in [-0.2, -0.15) is 0 Å². The van der Waals surface area contributed by atoms with E-state index in [1.807, 2.05) is 43.3 Å². The van der Waals surface area contributed by atoms with Crippen molar-refractivity contribution in [2.24, 2.45) is 0 Å². The van der Waals surface area contributed by atoms with Crippen molar-refractivity contribution in [3.05, 3.63) is 29.8 Å². The number of benzene rings is 1. The van der Waals surface area contributed by atoms with Crippen LogP contribution in [0.4, 0.5) is 5.69 Å². The lowest BCUT2D eigenvalue weighted by Crippen LogP contribution is -2.51. The van der Waals surface area contributed by atoms with Crippen LogP contribution in [-0.2, 0) is 4.74 Å². The molecule has 5 nitrogen and oxygen atoms in total. The third-order valence-electron chi connectivity index (χ3n) is 4.17. The maximum Gasteiger partial charge on any atom is 0.251 e. The lowest BCUT2D eigenvalue weighted by atomic mass is 10.1. The van der Waals surface area contributed by atoms with Gasteiger partial charge in [-0.25, -0.2) is 0 Å². The molecule has 2 rings (SSSR count). The summed E-state index contributed by atoms with van der Waals surface area (Å²) >= 11 is 0. The van der Waals surface area contributed by atoms with Crippen molar-refractivity contribution in [3.8, 4) is 0 Å². The van der Waals surface area contributed by atoms with Crippen LogP contribution in [0, 0.1) is 0 Å². The third kappa shape index (κ3) is 4.21. The third-order valence-corrected chi connectivity index (χ3v) is 4.17. The molecule has 1 amide bonds. The molecule has 0 spiro atoms. The number of hydrogen-bond acceptors (Lipinski definition) is 4. The molecule has 1 aromatic carbocycles. The molecule has 122 valence electrons. The quantitative estimate of drug-likeness (QED) is 0.897. The van der Waals surface area contributed by atoms with Crippen LogP contribution in [-0.4, -0.2) is 63.3 Å². The topological polar surface area (TPSA) is 44.8 Å². The number of amides is 1. The second-order valence-electron chi connectivity index (χ2n) is 6.17. The predicted molar refractivity (Wildman–Crippen MR) is 89.6 cm³/mol. The van der Waals surface area contributed by atoms with Crippen LogP contribution in [0.3, 0.4) is 0 Å². The van der Waals surface area contributed by atoms with E-state index in [9.17, 15) is 4.79 Å². The summed E-state index contributed by atoms with van der Waals surface area (Å²) in [6.07, 6.45) is 0. The van der Waals surface area contributed by atoms with Crippen LogP contribution in [0.25, 0.3) is 0 Å². The Labute approximate surface area is 133 Å². The van der Waals surface area contributed by atoms with Gasteiger partial charge >= 0.3 is 0 Å². The van der Waals surface area contributed by atoms with Crippen LogP contribution >= 0.6 is 0 Å². The largest absolute Gasteiger partial charge is 0.379 e. The van der Waals surface area contributed by atoms with Gasteiger partial charge in [0.15, 0.2) is 0 Å². The number of rotatable bonds is 5. The number of ether oxygens (including phenoxy) is 1. The van der Waals surface area contributed by atoms with Crippen molar-refractivity contribution in [2.75, 3.05) is 45.3 Å². The van der Waals surface area contributed by atoms with E-state index in [0.717, 1.165) is 25.4 Å². The highest BCUT2D eigenvalue weighted by atomic mass is 16.5. The normalized spacial score (nSPS) is 20.5. The van der Waals surface area contributed by atoms with Gasteiger partial charge < -0.3 is 15.0 Å². The second-order valence-corrected chi connectivity index (χ2v) is 6.17. The Kier molecular flexibility index (Phi) is 5.80. The van der Waals surface area contributed by atoms with Crippen LogP contribution in [0.1, 0.15) is 24.2 Å². The Bertz CT molecular complexity index is 504. The highest BCUT2D eigenvalue weighted by Crippen LogP contribution is 2.14. The highest BCUT2D eigenvalue weighted by molar-refractivity contribution is 5.95. The first kappa shape index (κ1) is 16.8. The summed E-state index contributed by atoms with van der Waals surface area (Å²) in [5, 5.41) is 3.04. The molecule has 22 heavy (non-hydrogen) atoms. The van der Waals surface area contributed by atoms with E-state index in [1.54, 1.807) is 0 Å². The van der Waals surface area contributed by atoms with Crippen LogP contribution in [0.15, 0.2) is 24.3 Å². The Morgan fingerprint density at radius 2 is 2.27 bits per heavy atom. The van der Waals surface area contributed by atoms with Gasteiger partial charge in [0.05, 0.1) is 13.2 Å². The molecule has 0 saturated carbocycles. The summed E-state index contributed by atoms with van der Waals surface area (Å²) in [5.41, 5.74) is 1.73. The number of carbonyl (C=O) groups is 1. The van der Waals surface area contributed by atoms with Gasteiger partial charge in [-0.1, -0.05) is 6.07 Å². The lowest BCUT2D eigenvalue weighted by Gasteiger charge is -2.37. The monoisotopic (exact) mass is 305 g/mol. The molecule has 1 aliphatic rings. The molecule has 1 aromatic rings. The Morgan fingerprint density at radius 3 is 2.95 bits per heavy atom. The summed E-state index contributed by atoms with van der Waals surface area (Å²) in [7, 11) is 3.94. The molecule has 1 N–H and O–H groups in total. The zero-order valence-electron chi connectivity index (χ0n) is 14.0. The Morgan fingerprint density at radius 1 is 1.50 bits per heavy atom. The fourth-order valence-electron chi connectivity index (χ4n) is 2.78. The lowest BCUT2D eigenvalue weighted by molar-refractivity contribution is -0.0178. The van der Waals surface area contributed by atoms with E-state index in [1.165, 1.54) is 0 Å². The molecule has 1 heterocycles. The SMILES string of the molecule is C[C@H](CNC(=O)c1cccc(N(C)C)c1)N1CCOC[C@@H]1C. The zero-order valence-corrected chi connectivity index (χ0v) is 14.0. The van der Waals surface area contributed by atoms with E-state index in [2.05, 4.69) is 24.1 Å². The minimum atomic E-state index is -0.0172. The minimum absolute atomic E-state index is 0.0172. The summed E-state index contributed by atoms with van der Waals surface area (Å²) in [6.45, 7) is 7.43. The Hall–Kier alpha value is -1.59. The van der Waals surface area contributed by atoms with Gasteiger partial charge in [-0.15, -0.1) is 0 Å². The molecular formula is C17H27N3O2. The summed E-state index contributed by atoms with van der Waals surface area (Å²) in [6, 6.07) is 8.38. The van der Waals surface area contributed by atoms with Crippen LogP contribution in [0.5, 0.6) is 0 Å². The fourth-order valence-corrected chi connectivity index (χ4v) is 2.78. The molecule has 1 fully saturated rings. The number of anilines is 1. The van der Waals surface area contributed by atoms with Crippen molar-refractivity contribution < 1.29 is 9.53 Å². The maximum atomic E-state index is 12.3. The number of hydrogen-bond donors (Lipinski definition) is 1. The van der Waals surface area contributed by atoms with Gasteiger partial charge in [-0.05, 0) is 32.0 Å². The molecule has 2 atom stereocenters. The van der Waals surface area contributed by atoms with Crippen molar-refractivity contribution in [1.29, 1.82) is 0 Å². The van der Waals surface area contributed by atoms with Crippen LogP contribution < -0.4 is 10.2 Å². The first-order valence-electron chi connectivity index (χ1n) is 7.88. The van der Waals surface area contributed by atoms with E-state index in [4.69, 9.17) is 4.74 Å². The van der Waals surface area contributed by atoms with Gasteiger partial charge in [-0.3, -0.25) is 9.69 Å². The molecule has 0 aliphatic carbocycles. The molecule has 1 saturated heterocycles. The number of morpholine rings is 1. The van der Waals surface area contributed by atoms with E-state index in [0.29, 0.717) is 24.2 Å². The van der Waals surface area contributed by atoms with E-state index < -0.39 is 0 Å². The Balaban J connectivity index is 1.90. The van der Waals surface area contributed by atoms with Crippen molar-refractivity contribution in [2.45, 2.75) is 25.9 Å². The molecule has 0 aromatic heterocycles. The van der Waals surface area contributed by atoms with E-state index >= 15 is 0 Å². The average Bonchev–Trinajstić information content (AvgIpc) is 2.52. The minimum Gasteiger partial charge on any atom is -0.379 e. The van der Waals surface area contributed by atoms with Gasteiger partial charge in [0.1, 0.15) is 0 Å². The molecule has 0 bridgehead atoms. The van der Waals surface area contributed by atoms with Gasteiger partial charge in [0.2, 0.25) is 0 Å². The molecule has 1 aliphatic heterocycles. The zero-order chi connectivity index (χ0) is 16.1. The number of nitrogens with zero attached hydrogens (tertiary/aromatic N) is 2. The highest BCUT2D eigenvalue weighted by Gasteiger charge is 2.23. The summed E-state index contributed by atoms with van der Waals surface area (Å²) in [4.78, 5) is 16.7. The maximum absolute atomic E-state index is 12.3. The predicted octanol–water partition coefficient (Wildman–Crippen LogP) is 1.59. The van der Waals surface area contributed by atoms with E-state index in [-0.39, 0.29) is 5.91 Å². The standard InChI is InChI=1S/C17H27N3O2/c1-13(20-8-9-22-12-14(20)2)11-18-17(21)15-6-5-7-16(10-15)19(3)4/h5-7,10,13-14H,8-9,11-12H2,1-4H3,(H,18,21)/t13-,14+/m1/s1. The smallest absolute Gasteiger partial charge is 0.251 e. The summed E-state index contributed by atoms with van der Waals surface area (Å²) in [5.74, 6) is -0.0172. The summed E-state index contributed by atoms with van der Waals surface area (Å²) < 4.78 is 5.46. The second kappa shape index (κ2) is 7.61. The molecule has 0 unspecified atom stereocenters. The molecule has 5 heteroatoms. The van der Waals surface area contributed by atoms with Crippen molar-refractivity contribution in [3.63, 3.8) is 0 Å². The fraction of sp³-hybridized carbons (Fsp3) is 0.588. The average molecular weight is 305 g/mol. The number of carbonyl (C=O) groups excluding carboxylic acids is 1. The molecular weight excluding hydrogens is 278 g/mol. The number of nitrogens with one attached hydrogen (secondary N) is 1. The van der Waals surface area contributed by atoms with Gasteiger partial charge in [0.25, 0.3) is 5.91 Å². The van der Waals surface area contributed by atoms with Gasteiger partial charge in [0, 0.05) is 50.5 Å². The molecule has 0 radical (unpaired) electrons. The van der Waals surface area contributed by atoms with Crippen molar-refractivity contribution >= 4 is 11.6 Å².